The normalized spacial score (nSPS) is 35.1. The molecule has 0 unspecified atom stereocenters. The molecular weight excluding hydrogens is 252 g/mol. The van der Waals surface area contributed by atoms with Crippen molar-refractivity contribution in [2.45, 2.75) is 37.1 Å². The summed E-state index contributed by atoms with van der Waals surface area (Å²) in [5, 5.41) is 37.9. The molecule has 19 heavy (non-hydrogen) atoms. The Hall–Kier alpha value is -1.31. The Morgan fingerprint density at radius 1 is 1.00 bits per heavy atom. The minimum Gasteiger partial charge on any atom is -0.388 e. The van der Waals surface area contributed by atoms with E-state index in [9.17, 15) is 25.2 Å². The van der Waals surface area contributed by atoms with E-state index in [4.69, 9.17) is 4.74 Å². The standard InChI is InChI=1S/C13H16O6/c14-8(7-4-2-1-3-5-7)6-9-10(15)11(16)12(17)13(18)19-9/h1-5,9-13,15-18H,6H2/t9-,10-,11-,12+,13+/m1/s1. The van der Waals surface area contributed by atoms with E-state index in [1.54, 1.807) is 30.3 Å². The van der Waals surface area contributed by atoms with E-state index in [1.807, 2.05) is 0 Å². The second-order valence-electron chi connectivity index (χ2n) is 4.53. The summed E-state index contributed by atoms with van der Waals surface area (Å²) in [5.74, 6) is -0.277. The van der Waals surface area contributed by atoms with Crippen LogP contribution in [0.15, 0.2) is 30.3 Å². The van der Waals surface area contributed by atoms with E-state index in [0.29, 0.717) is 5.56 Å². The molecular formula is C13H16O6. The van der Waals surface area contributed by atoms with E-state index < -0.39 is 30.7 Å². The van der Waals surface area contributed by atoms with Gasteiger partial charge in [-0.2, -0.15) is 0 Å². The highest BCUT2D eigenvalue weighted by Crippen LogP contribution is 2.23. The van der Waals surface area contributed by atoms with Gasteiger partial charge in [0, 0.05) is 12.0 Å². The molecule has 5 atom stereocenters. The number of carbonyl (C=O) groups is 1. The Labute approximate surface area is 109 Å². The molecule has 1 aliphatic heterocycles. The first-order valence-electron chi connectivity index (χ1n) is 5.96. The van der Waals surface area contributed by atoms with Gasteiger partial charge in [-0.25, -0.2) is 0 Å². The van der Waals surface area contributed by atoms with Crippen molar-refractivity contribution in [2.75, 3.05) is 0 Å². The topological polar surface area (TPSA) is 107 Å². The number of ether oxygens (including phenoxy) is 1. The maximum absolute atomic E-state index is 11.9. The van der Waals surface area contributed by atoms with Crippen molar-refractivity contribution in [1.82, 2.24) is 0 Å². The number of Topliss-reactive ketones (excluding diaryl/α,β-unsaturated/α-hetero) is 1. The number of benzene rings is 1. The Balaban J connectivity index is 2.05. The van der Waals surface area contributed by atoms with E-state index >= 15 is 0 Å². The lowest BCUT2D eigenvalue weighted by Gasteiger charge is -2.38. The minimum atomic E-state index is -1.62. The van der Waals surface area contributed by atoms with Crippen LogP contribution in [0.3, 0.4) is 0 Å². The second-order valence-corrected chi connectivity index (χ2v) is 4.53. The molecule has 6 nitrogen and oxygen atoms in total. The molecule has 4 N–H and O–H groups in total. The lowest BCUT2D eigenvalue weighted by molar-refractivity contribution is -0.280. The predicted molar refractivity (Wildman–Crippen MR) is 64.3 cm³/mol. The molecule has 0 bridgehead atoms. The molecule has 104 valence electrons. The van der Waals surface area contributed by atoms with Gasteiger partial charge in [-0.1, -0.05) is 30.3 Å². The van der Waals surface area contributed by atoms with Gasteiger partial charge in [0.1, 0.15) is 18.3 Å². The van der Waals surface area contributed by atoms with Crippen molar-refractivity contribution in [3.63, 3.8) is 0 Å². The van der Waals surface area contributed by atoms with Crippen molar-refractivity contribution in [1.29, 1.82) is 0 Å². The SMILES string of the molecule is O=C(C[C@H]1O[C@H](O)[C@@H](O)[C@H](O)[C@@H]1O)c1ccccc1. The van der Waals surface area contributed by atoms with Gasteiger partial charge in [-0.15, -0.1) is 0 Å². The van der Waals surface area contributed by atoms with Gasteiger partial charge in [-0.3, -0.25) is 4.79 Å². The molecule has 1 aromatic rings. The first-order chi connectivity index (χ1) is 9.00. The molecule has 0 radical (unpaired) electrons. The zero-order chi connectivity index (χ0) is 14.0. The Bertz CT molecular complexity index is 434. The summed E-state index contributed by atoms with van der Waals surface area (Å²) in [6.07, 6.45) is -7.42. The van der Waals surface area contributed by atoms with Crippen molar-refractivity contribution >= 4 is 5.78 Å². The fourth-order valence-electron chi connectivity index (χ4n) is 2.02. The monoisotopic (exact) mass is 268 g/mol. The quantitative estimate of drug-likeness (QED) is 0.527. The van der Waals surface area contributed by atoms with Crippen molar-refractivity contribution < 1.29 is 30.0 Å². The smallest absolute Gasteiger partial charge is 0.183 e. The van der Waals surface area contributed by atoms with Crippen LogP contribution >= 0.6 is 0 Å². The summed E-state index contributed by atoms with van der Waals surface area (Å²) in [7, 11) is 0. The van der Waals surface area contributed by atoms with Crippen LogP contribution in [0, 0.1) is 0 Å². The van der Waals surface area contributed by atoms with Crippen LogP contribution in [-0.2, 0) is 4.74 Å². The molecule has 6 heteroatoms. The number of aliphatic hydroxyl groups excluding tert-OH is 4. The van der Waals surface area contributed by atoms with Gasteiger partial charge in [0.15, 0.2) is 12.1 Å². The van der Waals surface area contributed by atoms with Crippen LogP contribution in [0.4, 0.5) is 0 Å². The lowest BCUT2D eigenvalue weighted by Crippen LogP contribution is -2.57. The average molecular weight is 268 g/mol. The molecule has 0 saturated carbocycles. The fraction of sp³-hybridized carbons (Fsp3) is 0.462. The highest BCUT2D eigenvalue weighted by atomic mass is 16.6. The highest BCUT2D eigenvalue weighted by molar-refractivity contribution is 5.96. The van der Waals surface area contributed by atoms with Crippen molar-refractivity contribution in [3.8, 4) is 0 Å². The van der Waals surface area contributed by atoms with E-state index in [-0.39, 0.29) is 12.2 Å². The molecule has 0 amide bonds. The largest absolute Gasteiger partial charge is 0.388 e. The third-order valence-corrected chi connectivity index (χ3v) is 3.17. The van der Waals surface area contributed by atoms with E-state index in [0.717, 1.165) is 0 Å². The highest BCUT2D eigenvalue weighted by Gasteiger charge is 2.43. The molecule has 0 aromatic heterocycles. The first kappa shape index (κ1) is 14.1. The Morgan fingerprint density at radius 3 is 2.26 bits per heavy atom. The maximum Gasteiger partial charge on any atom is 0.183 e. The van der Waals surface area contributed by atoms with Gasteiger partial charge >= 0.3 is 0 Å². The van der Waals surface area contributed by atoms with Gasteiger partial charge in [0.25, 0.3) is 0 Å². The third kappa shape index (κ3) is 2.99. The minimum absolute atomic E-state index is 0.188. The van der Waals surface area contributed by atoms with E-state index in [2.05, 4.69) is 0 Å². The molecule has 1 saturated heterocycles. The number of ketones is 1. The van der Waals surface area contributed by atoms with Crippen LogP contribution in [0.1, 0.15) is 16.8 Å². The molecule has 1 aromatic carbocycles. The van der Waals surface area contributed by atoms with Crippen LogP contribution in [0.25, 0.3) is 0 Å². The molecule has 0 aliphatic carbocycles. The number of carbonyl (C=O) groups excluding carboxylic acids is 1. The molecule has 0 spiro atoms. The number of rotatable bonds is 3. The zero-order valence-corrected chi connectivity index (χ0v) is 10.1. The maximum atomic E-state index is 11.9. The van der Waals surface area contributed by atoms with Crippen LogP contribution < -0.4 is 0 Å². The van der Waals surface area contributed by atoms with Gasteiger partial charge in [0.2, 0.25) is 0 Å². The van der Waals surface area contributed by atoms with Crippen LogP contribution in [0.2, 0.25) is 0 Å². The summed E-state index contributed by atoms with van der Waals surface area (Å²) in [6.45, 7) is 0. The van der Waals surface area contributed by atoms with Crippen LogP contribution in [-0.4, -0.2) is 56.9 Å². The molecule has 1 heterocycles. The molecule has 1 fully saturated rings. The lowest BCUT2D eigenvalue weighted by atomic mass is 9.94. The predicted octanol–water partition coefficient (Wildman–Crippen LogP) is -0.941. The third-order valence-electron chi connectivity index (χ3n) is 3.17. The number of aliphatic hydroxyl groups is 4. The number of hydrogen-bond donors (Lipinski definition) is 4. The summed E-state index contributed by atoms with van der Waals surface area (Å²) in [5.41, 5.74) is 0.452. The first-order valence-corrected chi connectivity index (χ1v) is 5.96. The summed E-state index contributed by atoms with van der Waals surface area (Å²) in [6, 6.07) is 8.43. The zero-order valence-electron chi connectivity index (χ0n) is 10.1. The second kappa shape index (κ2) is 5.77. The van der Waals surface area contributed by atoms with Crippen molar-refractivity contribution in [3.05, 3.63) is 35.9 Å². The van der Waals surface area contributed by atoms with Gasteiger partial charge in [0.05, 0.1) is 6.10 Å². The average Bonchev–Trinajstić information content (AvgIpc) is 2.43. The number of hydrogen-bond acceptors (Lipinski definition) is 6. The van der Waals surface area contributed by atoms with Gasteiger partial charge < -0.3 is 25.2 Å². The summed E-state index contributed by atoms with van der Waals surface area (Å²) < 4.78 is 4.95. The Morgan fingerprint density at radius 2 is 1.63 bits per heavy atom. The Kier molecular flexibility index (Phi) is 4.28. The summed E-state index contributed by atoms with van der Waals surface area (Å²) >= 11 is 0. The van der Waals surface area contributed by atoms with Crippen LogP contribution in [0.5, 0.6) is 0 Å². The fourth-order valence-corrected chi connectivity index (χ4v) is 2.02. The molecule has 1 aliphatic rings. The van der Waals surface area contributed by atoms with Gasteiger partial charge in [-0.05, 0) is 0 Å². The molecule has 2 rings (SSSR count). The van der Waals surface area contributed by atoms with E-state index in [1.165, 1.54) is 0 Å². The van der Waals surface area contributed by atoms with Crippen molar-refractivity contribution in [2.24, 2.45) is 0 Å². The summed E-state index contributed by atoms with van der Waals surface area (Å²) in [4.78, 5) is 11.9.